The van der Waals surface area contributed by atoms with Crippen LogP contribution in [0.5, 0.6) is 0 Å². The number of benzene rings is 1. The van der Waals surface area contributed by atoms with Crippen LogP contribution >= 0.6 is 0 Å². The van der Waals surface area contributed by atoms with Crippen LogP contribution in [0.1, 0.15) is 25.3 Å². The van der Waals surface area contributed by atoms with Crippen molar-refractivity contribution >= 4 is 11.8 Å². The quantitative estimate of drug-likeness (QED) is 0.824. The lowest BCUT2D eigenvalue weighted by Gasteiger charge is -2.35. The minimum Gasteiger partial charge on any atom is -0.353 e. The average molecular weight is 317 g/mol. The van der Waals surface area contributed by atoms with Gasteiger partial charge in [-0.3, -0.25) is 14.5 Å². The Morgan fingerprint density at radius 3 is 2.78 bits per heavy atom. The normalized spacial score (nSPS) is 18.5. The molecule has 0 aliphatic carbocycles. The summed E-state index contributed by atoms with van der Waals surface area (Å²) in [6, 6.07) is 10.0. The van der Waals surface area contributed by atoms with Crippen molar-refractivity contribution in [2.75, 3.05) is 33.2 Å². The highest BCUT2D eigenvalue weighted by Crippen LogP contribution is 2.12. The summed E-state index contributed by atoms with van der Waals surface area (Å²) in [6.45, 7) is 4.93. The lowest BCUT2D eigenvalue weighted by molar-refractivity contribution is -0.138. The molecule has 1 fully saturated rings. The van der Waals surface area contributed by atoms with Crippen molar-refractivity contribution < 1.29 is 9.59 Å². The monoisotopic (exact) mass is 317 g/mol. The van der Waals surface area contributed by atoms with E-state index in [2.05, 4.69) is 22.3 Å². The molecule has 1 aromatic rings. The molecule has 126 valence electrons. The van der Waals surface area contributed by atoms with E-state index >= 15 is 0 Å². The number of nitrogens with one attached hydrogen (secondary N) is 1. The second-order valence-electron chi connectivity index (χ2n) is 6.04. The molecule has 2 amide bonds. The third-order valence-corrected chi connectivity index (χ3v) is 4.46. The molecule has 0 radical (unpaired) electrons. The van der Waals surface area contributed by atoms with E-state index in [0.717, 1.165) is 25.9 Å². The van der Waals surface area contributed by atoms with Crippen molar-refractivity contribution in [3.8, 4) is 0 Å². The van der Waals surface area contributed by atoms with Gasteiger partial charge in [-0.05, 0) is 31.9 Å². The second-order valence-corrected chi connectivity index (χ2v) is 6.04. The van der Waals surface area contributed by atoms with Gasteiger partial charge in [0, 0.05) is 26.7 Å². The third kappa shape index (κ3) is 5.06. The Labute approximate surface area is 138 Å². The van der Waals surface area contributed by atoms with Crippen molar-refractivity contribution in [3.05, 3.63) is 35.9 Å². The second kappa shape index (κ2) is 8.67. The summed E-state index contributed by atoms with van der Waals surface area (Å²) in [4.78, 5) is 28.1. The van der Waals surface area contributed by atoms with E-state index in [1.807, 2.05) is 25.1 Å². The van der Waals surface area contributed by atoms with E-state index in [-0.39, 0.29) is 24.3 Å². The number of piperazine rings is 1. The number of amides is 2. The van der Waals surface area contributed by atoms with Gasteiger partial charge in [-0.2, -0.15) is 0 Å². The molecule has 5 heteroatoms. The zero-order chi connectivity index (χ0) is 16.7. The minimum atomic E-state index is -0.332. The molecule has 0 aromatic heterocycles. The molecule has 1 unspecified atom stereocenters. The van der Waals surface area contributed by atoms with Gasteiger partial charge >= 0.3 is 0 Å². The van der Waals surface area contributed by atoms with Gasteiger partial charge in [0.25, 0.3) is 0 Å². The van der Waals surface area contributed by atoms with Crippen molar-refractivity contribution in [3.63, 3.8) is 0 Å². The summed E-state index contributed by atoms with van der Waals surface area (Å²) in [5.74, 6) is 0.0106. The van der Waals surface area contributed by atoms with E-state index < -0.39 is 0 Å². The van der Waals surface area contributed by atoms with Gasteiger partial charge in [0.2, 0.25) is 11.8 Å². The molecule has 1 aliphatic heterocycles. The summed E-state index contributed by atoms with van der Waals surface area (Å²) in [6.07, 6.45) is 2.25. The summed E-state index contributed by atoms with van der Waals surface area (Å²) in [7, 11) is 1.78. The van der Waals surface area contributed by atoms with Crippen LogP contribution in [-0.2, 0) is 16.0 Å². The molecule has 1 saturated heterocycles. The van der Waals surface area contributed by atoms with Gasteiger partial charge in [0.15, 0.2) is 0 Å². The van der Waals surface area contributed by atoms with Gasteiger partial charge in [0.1, 0.15) is 0 Å². The number of nitrogens with zero attached hydrogens (tertiary/aromatic N) is 2. The molecule has 1 aliphatic rings. The SMILES string of the molecule is CCN(C)C(=O)CC1C(=O)NCCN1CCCc1ccccc1. The molecular formula is C18H27N3O2. The lowest BCUT2D eigenvalue weighted by atomic mass is 10.1. The van der Waals surface area contributed by atoms with Gasteiger partial charge in [-0.1, -0.05) is 30.3 Å². The fourth-order valence-electron chi connectivity index (χ4n) is 2.88. The van der Waals surface area contributed by atoms with E-state index in [1.165, 1.54) is 5.56 Å². The van der Waals surface area contributed by atoms with Gasteiger partial charge in [-0.25, -0.2) is 0 Å². The highest BCUT2D eigenvalue weighted by atomic mass is 16.2. The Morgan fingerprint density at radius 2 is 2.09 bits per heavy atom. The van der Waals surface area contributed by atoms with Gasteiger partial charge < -0.3 is 10.2 Å². The van der Waals surface area contributed by atoms with Crippen LogP contribution in [0.2, 0.25) is 0 Å². The van der Waals surface area contributed by atoms with Gasteiger partial charge in [0.05, 0.1) is 12.5 Å². The first kappa shape index (κ1) is 17.5. The third-order valence-electron chi connectivity index (χ3n) is 4.46. The molecule has 2 rings (SSSR count). The smallest absolute Gasteiger partial charge is 0.237 e. The van der Waals surface area contributed by atoms with E-state index in [1.54, 1.807) is 11.9 Å². The predicted molar refractivity (Wildman–Crippen MR) is 91.1 cm³/mol. The van der Waals surface area contributed by atoms with Crippen molar-refractivity contribution in [2.45, 2.75) is 32.2 Å². The number of rotatable bonds is 7. The summed E-state index contributed by atoms with van der Waals surface area (Å²) in [5.41, 5.74) is 1.31. The molecule has 0 saturated carbocycles. The Bertz CT molecular complexity index is 518. The van der Waals surface area contributed by atoms with Crippen molar-refractivity contribution in [2.24, 2.45) is 0 Å². The number of hydrogen-bond donors (Lipinski definition) is 1. The Morgan fingerprint density at radius 1 is 1.35 bits per heavy atom. The molecule has 1 aromatic carbocycles. The molecule has 23 heavy (non-hydrogen) atoms. The maximum absolute atomic E-state index is 12.2. The zero-order valence-corrected chi connectivity index (χ0v) is 14.1. The fraction of sp³-hybridized carbons (Fsp3) is 0.556. The van der Waals surface area contributed by atoms with Crippen LogP contribution < -0.4 is 5.32 Å². The number of carbonyl (C=O) groups is 2. The van der Waals surface area contributed by atoms with Crippen molar-refractivity contribution in [1.29, 1.82) is 0 Å². The van der Waals surface area contributed by atoms with Crippen LogP contribution in [0, 0.1) is 0 Å². The number of carbonyl (C=O) groups excluding carboxylic acids is 2. The predicted octanol–water partition coefficient (Wildman–Crippen LogP) is 1.29. The Kier molecular flexibility index (Phi) is 6.59. The molecule has 1 atom stereocenters. The molecule has 5 nitrogen and oxygen atoms in total. The van der Waals surface area contributed by atoms with Crippen LogP contribution in [0.3, 0.4) is 0 Å². The summed E-state index contributed by atoms with van der Waals surface area (Å²) < 4.78 is 0. The molecule has 0 spiro atoms. The highest BCUT2D eigenvalue weighted by Gasteiger charge is 2.31. The van der Waals surface area contributed by atoms with E-state index in [4.69, 9.17) is 0 Å². The van der Waals surface area contributed by atoms with Crippen molar-refractivity contribution in [1.82, 2.24) is 15.1 Å². The van der Waals surface area contributed by atoms with E-state index in [0.29, 0.717) is 13.1 Å². The molecule has 1 N–H and O–H groups in total. The van der Waals surface area contributed by atoms with Crippen LogP contribution in [-0.4, -0.2) is 60.9 Å². The lowest BCUT2D eigenvalue weighted by Crippen LogP contribution is -2.56. The fourth-order valence-corrected chi connectivity index (χ4v) is 2.88. The first-order valence-corrected chi connectivity index (χ1v) is 8.41. The van der Waals surface area contributed by atoms with Crippen LogP contribution in [0.4, 0.5) is 0 Å². The number of hydrogen-bond acceptors (Lipinski definition) is 3. The molecule has 1 heterocycles. The largest absolute Gasteiger partial charge is 0.353 e. The summed E-state index contributed by atoms with van der Waals surface area (Å²) >= 11 is 0. The Balaban J connectivity index is 1.89. The molecular weight excluding hydrogens is 290 g/mol. The topological polar surface area (TPSA) is 52.7 Å². The van der Waals surface area contributed by atoms with Gasteiger partial charge in [-0.15, -0.1) is 0 Å². The summed E-state index contributed by atoms with van der Waals surface area (Å²) in [5, 5.41) is 2.88. The maximum atomic E-state index is 12.2. The first-order valence-electron chi connectivity index (χ1n) is 8.41. The van der Waals surface area contributed by atoms with Crippen LogP contribution in [0.25, 0.3) is 0 Å². The standard InChI is InChI=1S/C18H27N3O2/c1-3-20(2)17(22)14-16-18(23)19-11-13-21(16)12-7-10-15-8-5-4-6-9-15/h4-6,8-9,16H,3,7,10-14H2,1-2H3,(H,19,23). The highest BCUT2D eigenvalue weighted by molar-refractivity contribution is 5.88. The van der Waals surface area contributed by atoms with Crippen LogP contribution in [0.15, 0.2) is 30.3 Å². The maximum Gasteiger partial charge on any atom is 0.237 e. The molecule has 0 bridgehead atoms. The minimum absolute atomic E-state index is 0.0196. The number of aryl methyl sites for hydroxylation is 1. The average Bonchev–Trinajstić information content (AvgIpc) is 2.57. The first-order chi connectivity index (χ1) is 11.1. The zero-order valence-electron chi connectivity index (χ0n) is 14.1. The Hall–Kier alpha value is -1.88. The van der Waals surface area contributed by atoms with E-state index in [9.17, 15) is 9.59 Å².